The Morgan fingerprint density at radius 1 is 1.67 bits per heavy atom. The van der Waals surface area contributed by atoms with Crippen LogP contribution in [0.4, 0.5) is 0 Å². The molecule has 0 saturated heterocycles. The van der Waals surface area contributed by atoms with Gasteiger partial charge in [0.05, 0.1) is 0 Å². The molecule has 0 aliphatic rings. The summed E-state index contributed by atoms with van der Waals surface area (Å²) < 4.78 is 0. The fraction of sp³-hybridized carbons (Fsp3) is 0.333. The molecule has 0 atom stereocenters. The van der Waals surface area contributed by atoms with Gasteiger partial charge in [-0.2, -0.15) is 0 Å². The van der Waals surface area contributed by atoms with Gasteiger partial charge in [0.15, 0.2) is 0 Å². The maximum atomic E-state index is 3.64. The van der Waals surface area contributed by atoms with E-state index in [0.29, 0.717) is 0 Å². The van der Waals surface area contributed by atoms with E-state index < -0.39 is 0 Å². The maximum absolute atomic E-state index is 3.64. The molecule has 0 spiro atoms. The van der Waals surface area contributed by atoms with Crippen LogP contribution >= 0.6 is 0 Å². The molecular weight excluding hydrogens is 108 g/mol. The third-order valence-corrected chi connectivity index (χ3v) is 1.08. The normalized spacial score (nSPS) is 12.4. The molecule has 0 aromatic rings. The van der Waals surface area contributed by atoms with Gasteiger partial charge in [-0.1, -0.05) is 36.5 Å². The lowest BCUT2D eigenvalue weighted by atomic mass is 10.2. The molecular formula is C9H13. The lowest BCUT2D eigenvalue weighted by molar-refractivity contribution is 1.31. The van der Waals surface area contributed by atoms with Gasteiger partial charge in [0, 0.05) is 0 Å². The highest BCUT2D eigenvalue weighted by molar-refractivity contribution is 5.13. The SMILES string of the molecule is C=C/C(C)=C/C/C=[C]/C. The van der Waals surface area contributed by atoms with Crippen molar-refractivity contribution in [2.75, 3.05) is 0 Å². The molecule has 0 aliphatic carbocycles. The van der Waals surface area contributed by atoms with E-state index in [-0.39, 0.29) is 0 Å². The van der Waals surface area contributed by atoms with Crippen molar-refractivity contribution in [2.45, 2.75) is 20.3 Å². The van der Waals surface area contributed by atoms with Crippen molar-refractivity contribution >= 4 is 0 Å². The van der Waals surface area contributed by atoms with Gasteiger partial charge in [-0.25, -0.2) is 0 Å². The van der Waals surface area contributed by atoms with Crippen molar-refractivity contribution in [1.82, 2.24) is 0 Å². The summed E-state index contributed by atoms with van der Waals surface area (Å²) in [5, 5.41) is 0. The summed E-state index contributed by atoms with van der Waals surface area (Å²) in [7, 11) is 0. The zero-order chi connectivity index (χ0) is 7.11. The summed E-state index contributed by atoms with van der Waals surface area (Å²) in [4.78, 5) is 0. The van der Waals surface area contributed by atoms with E-state index in [4.69, 9.17) is 0 Å². The quantitative estimate of drug-likeness (QED) is 0.504. The van der Waals surface area contributed by atoms with Crippen LogP contribution < -0.4 is 0 Å². The average molecular weight is 121 g/mol. The lowest BCUT2D eigenvalue weighted by Gasteiger charge is -1.85. The highest BCUT2D eigenvalue weighted by Crippen LogP contribution is 1.95. The van der Waals surface area contributed by atoms with Gasteiger partial charge in [-0.3, -0.25) is 0 Å². The van der Waals surface area contributed by atoms with Crippen LogP contribution in [0, 0.1) is 6.08 Å². The Bertz CT molecular complexity index is 127. The highest BCUT2D eigenvalue weighted by atomic mass is 13.8. The third-order valence-electron chi connectivity index (χ3n) is 1.08. The van der Waals surface area contributed by atoms with E-state index in [0.717, 1.165) is 6.42 Å². The molecule has 0 aromatic carbocycles. The molecule has 1 radical (unpaired) electrons. The molecule has 0 aliphatic heterocycles. The van der Waals surface area contributed by atoms with E-state index in [1.54, 1.807) is 0 Å². The molecule has 0 unspecified atom stereocenters. The van der Waals surface area contributed by atoms with E-state index >= 15 is 0 Å². The van der Waals surface area contributed by atoms with Crippen LogP contribution in [0.25, 0.3) is 0 Å². The molecule has 0 rings (SSSR count). The highest BCUT2D eigenvalue weighted by Gasteiger charge is 1.74. The Hall–Kier alpha value is -0.780. The Balaban J connectivity index is 3.56. The van der Waals surface area contributed by atoms with E-state index in [9.17, 15) is 0 Å². The molecule has 0 fully saturated rings. The molecule has 0 nitrogen and oxygen atoms in total. The molecule has 49 valence electrons. The molecule has 0 saturated carbocycles. The predicted octanol–water partition coefficient (Wildman–Crippen LogP) is 2.89. The first-order valence-corrected chi connectivity index (χ1v) is 3.09. The second kappa shape index (κ2) is 5.36. The van der Waals surface area contributed by atoms with E-state index in [2.05, 4.69) is 18.7 Å². The zero-order valence-electron chi connectivity index (χ0n) is 6.15. The summed E-state index contributed by atoms with van der Waals surface area (Å²) in [6.07, 6.45) is 9.87. The molecule has 0 heterocycles. The Labute approximate surface area is 57.6 Å². The fourth-order valence-electron chi connectivity index (χ4n) is 0.446. The summed E-state index contributed by atoms with van der Waals surface area (Å²) in [5.41, 5.74) is 1.22. The van der Waals surface area contributed by atoms with Crippen LogP contribution in [0.1, 0.15) is 20.3 Å². The van der Waals surface area contributed by atoms with E-state index in [1.165, 1.54) is 5.57 Å². The zero-order valence-corrected chi connectivity index (χ0v) is 6.15. The molecule has 0 aromatic heterocycles. The number of rotatable bonds is 3. The van der Waals surface area contributed by atoms with Gasteiger partial charge in [-0.15, -0.1) is 0 Å². The van der Waals surface area contributed by atoms with Crippen LogP contribution in [0.15, 0.2) is 30.4 Å². The van der Waals surface area contributed by atoms with E-state index in [1.807, 2.05) is 26.0 Å². The second-order valence-corrected chi connectivity index (χ2v) is 1.88. The third kappa shape index (κ3) is 5.09. The lowest BCUT2D eigenvalue weighted by Crippen LogP contribution is -1.64. The van der Waals surface area contributed by atoms with Gasteiger partial charge in [0.25, 0.3) is 0 Å². The van der Waals surface area contributed by atoms with Gasteiger partial charge < -0.3 is 0 Å². The maximum Gasteiger partial charge on any atom is -0.0158 e. The van der Waals surface area contributed by atoms with Crippen LogP contribution in [0.3, 0.4) is 0 Å². The molecule has 9 heavy (non-hydrogen) atoms. The van der Waals surface area contributed by atoms with Crippen molar-refractivity contribution < 1.29 is 0 Å². The standard InChI is InChI=1S/C9H13/c1-4-6-7-8-9(3)5-2/h5-6,8H,2,7H2,1,3H3/b6-4?,9-8+. The number of hydrogen-bond acceptors (Lipinski definition) is 0. The average Bonchev–Trinajstić information content (AvgIpc) is 1.89. The van der Waals surface area contributed by atoms with Crippen molar-refractivity contribution in [3.05, 3.63) is 36.5 Å². The minimum atomic E-state index is 0.967. The largest absolute Gasteiger partial charge is 0.0988 e. The van der Waals surface area contributed by atoms with Crippen LogP contribution in [-0.4, -0.2) is 0 Å². The minimum absolute atomic E-state index is 0.967. The smallest absolute Gasteiger partial charge is 0.0158 e. The van der Waals surface area contributed by atoms with Gasteiger partial charge >= 0.3 is 0 Å². The Kier molecular flexibility index (Phi) is 4.89. The van der Waals surface area contributed by atoms with Crippen molar-refractivity contribution in [2.24, 2.45) is 0 Å². The number of hydrogen-bond donors (Lipinski definition) is 0. The monoisotopic (exact) mass is 121 g/mol. The first kappa shape index (κ1) is 8.22. The summed E-state index contributed by atoms with van der Waals surface area (Å²) in [6, 6.07) is 0. The summed E-state index contributed by atoms with van der Waals surface area (Å²) in [5.74, 6) is 0. The summed E-state index contributed by atoms with van der Waals surface area (Å²) in [6.45, 7) is 7.57. The summed E-state index contributed by atoms with van der Waals surface area (Å²) >= 11 is 0. The van der Waals surface area contributed by atoms with Gasteiger partial charge in [0.1, 0.15) is 0 Å². The second-order valence-electron chi connectivity index (χ2n) is 1.88. The number of allylic oxidation sites excluding steroid dienone is 5. The predicted molar refractivity (Wildman–Crippen MR) is 42.1 cm³/mol. The van der Waals surface area contributed by atoms with Crippen molar-refractivity contribution in [3.8, 4) is 0 Å². The first-order chi connectivity index (χ1) is 4.31. The topological polar surface area (TPSA) is 0 Å². The molecule has 0 N–H and O–H groups in total. The first-order valence-electron chi connectivity index (χ1n) is 3.09. The fourth-order valence-corrected chi connectivity index (χ4v) is 0.446. The van der Waals surface area contributed by atoms with Gasteiger partial charge in [-0.05, 0) is 20.3 Å². The van der Waals surface area contributed by atoms with Crippen LogP contribution in [-0.2, 0) is 0 Å². The minimum Gasteiger partial charge on any atom is -0.0988 e. The van der Waals surface area contributed by atoms with Crippen molar-refractivity contribution in [1.29, 1.82) is 0 Å². The van der Waals surface area contributed by atoms with Gasteiger partial charge in [0.2, 0.25) is 0 Å². The molecule has 0 bridgehead atoms. The van der Waals surface area contributed by atoms with Crippen LogP contribution in [0.5, 0.6) is 0 Å². The van der Waals surface area contributed by atoms with Crippen LogP contribution in [0.2, 0.25) is 0 Å². The Morgan fingerprint density at radius 3 is 2.78 bits per heavy atom. The Morgan fingerprint density at radius 2 is 2.33 bits per heavy atom. The molecule has 0 amide bonds. The van der Waals surface area contributed by atoms with Crippen molar-refractivity contribution in [3.63, 3.8) is 0 Å². The molecule has 0 heteroatoms.